The first-order valence-electron chi connectivity index (χ1n) is 12.0. The normalized spacial score (nSPS) is 22.9. The molecule has 2 saturated heterocycles. The van der Waals surface area contributed by atoms with E-state index in [4.69, 9.17) is 16.3 Å². The highest BCUT2D eigenvalue weighted by atomic mass is 35.5. The van der Waals surface area contributed by atoms with Crippen LogP contribution in [0.1, 0.15) is 16.4 Å². The summed E-state index contributed by atoms with van der Waals surface area (Å²) < 4.78 is 20.5. The molecule has 3 unspecified atom stereocenters. The highest BCUT2D eigenvalue weighted by Gasteiger charge is 2.56. The quantitative estimate of drug-likeness (QED) is 0.445. The van der Waals surface area contributed by atoms with Crippen molar-refractivity contribution in [3.8, 4) is 0 Å². The molecule has 196 valence electrons. The van der Waals surface area contributed by atoms with Crippen LogP contribution in [-0.4, -0.2) is 58.7 Å². The number of carbonyl (C=O) groups excluding carboxylic acids is 3. The number of morpholine rings is 1. The fourth-order valence-corrected chi connectivity index (χ4v) is 8.08. The predicted molar refractivity (Wildman–Crippen MR) is 141 cm³/mol. The molecule has 3 aliphatic rings. The van der Waals surface area contributed by atoms with Gasteiger partial charge in [-0.25, -0.2) is 9.29 Å². The van der Waals surface area contributed by atoms with E-state index >= 15 is 0 Å². The largest absolute Gasteiger partial charge is 0.378 e. The van der Waals surface area contributed by atoms with Crippen LogP contribution in [0, 0.1) is 11.7 Å². The zero-order valence-electron chi connectivity index (χ0n) is 19.8. The third-order valence-corrected chi connectivity index (χ3v) is 9.88. The first-order chi connectivity index (χ1) is 18.3. The maximum Gasteiger partial charge on any atom is 0.308 e. The first kappa shape index (κ1) is 25.3. The van der Waals surface area contributed by atoms with Crippen molar-refractivity contribution in [2.45, 2.75) is 22.7 Å². The van der Waals surface area contributed by atoms with Gasteiger partial charge in [-0.1, -0.05) is 46.8 Å². The van der Waals surface area contributed by atoms with Gasteiger partial charge < -0.3 is 9.64 Å². The number of thioether (sulfide) groups is 1. The molecule has 0 aliphatic carbocycles. The van der Waals surface area contributed by atoms with E-state index in [0.717, 1.165) is 28.0 Å². The number of ether oxygens (including phenoxy) is 1. The van der Waals surface area contributed by atoms with Gasteiger partial charge in [-0.2, -0.15) is 0 Å². The van der Waals surface area contributed by atoms with Crippen molar-refractivity contribution >= 4 is 58.1 Å². The van der Waals surface area contributed by atoms with Crippen molar-refractivity contribution in [1.82, 2.24) is 9.47 Å². The summed E-state index contributed by atoms with van der Waals surface area (Å²) in [6, 6.07) is 12.2. The lowest BCUT2D eigenvalue weighted by Gasteiger charge is -2.31. The Bertz CT molecular complexity index is 1480. The lowest BCUT2D eigenvalue weighted by Crippen LogP contribution is -2.43. The van der Waals surface area contributed by atoms with Gasteiger partial charge >= 0.3 is 4.87 Å². The lowest BCUT2D eigenvalue weighted by atomic mass is 9.83. The molecule has 0 saturated carbocycles. The molecule has 12 heteroatoms. The molecule has 3 atom stereocenters. The average molecular weight is 574 g/mol. The van der Waals surface area contributed by atoms with E-state index in [9.17, 15) is 23.6 Å². The number of amides is 3. The standard InChI is InChI=1S/C26H21ClFN3O5S2/c27-15-3-7-17(8-4-15)31-23(33)20-19(14-1-5-16(28)6-2-14)22-25(37-21(20)24(31)34)30(26(35)38-22)13-18(32)29-9-11-36-12-10-29/h1-8,19-21H,9-13H2. The molecule has 0 radical (unpaired) electrons. The van der Waals surface area contributed by atoms with Crippen LogP contribution in [0.2, 0.25) is 5.02 Å². The maximum absolute atomic E-state index is 13.8. The van der Waals surface area contributed by atoms with Crippen LogP contribution >= 0.6 is 34.7 Å². The van der Waals surface area contributed by atoms with Crippen molar-refractivity contribution in [2.24, 2.45) is 5.92 Å². The number of aromatic nitrogens is 1. The zero-order chi connectivity index (χ0) is 26.6. The molecule has 8 nitrogen and oxygen atoms in total. The summed E-state index contributed by atoms with van der Waals surface area (Å²) in [6.07, 6.45) is 0. The molecule has 2 fully saturated rings. The van der Waals surface area contributed by atoms with Gasteiger partial charge in [0.1, 0.15) is 17.6 Å². The summed E-state index contributed by atoms with van der Waals surface area (Å²) >= 11 is 8.12. The number of benzene rings is 2. The third kappa shape index (κ3) is 4.27. The number of fused-ring (bicyclic) bond motifs is 2. The van der Waals surface area contributed by atoms with Crippen LogP contribution < -0.4 is 9.77 Å². The number of thiazole rings is 1. The molecule has 0 spiro atoms. The van der Waals surface area contributed by atoms with Crippen LogP contribution in [0.5, 0.6) is 0 Å². The molecule has 0 N–H and O–H groups in total. The Morgan fingerprint density at radius 1 is 1.00 bits per heavy atom. The van der Waals surface area contributed by atoms with Gasteiger partial charge in [0.15, 0.2) is 0 Å². The average Bonchev–Trinajstić information content (AvgIpc) is 3.36. The number of halogens is 2. The van der Waals surface area contributed by atoms with Gasteiger partial charge in [0.25, 0.3) is 0 Å². The Balaban J connectivity index is 1.43. The second-order valence-corrected chi connectivity index (χ2v) is 11.8. The molecule has 3 aliphatic heterocycles. The second kappa shape index (κ2) is 9.96. The SMILES string of the molecule is O=C(Cn1c2c(sc1=O)C(c1ccc(F)cc1)C1C(=O)N(c3ccc(Cl)cc3)C(=O)C1S2)N1CCOCC1. The summed E-state index contributed by atoms with van der Waals surface area (Å²) in [5, 5.41) is 0.149. The minimum atomic E-state index is -0.820. The number of nitrogens with zero attached hydrogens (tertiary/aromatic N) is 3. The maximum atomic E-state index is 13.8. The van der Waals surface area contributed by atoms with Gasteiger partial charge in [-0.15, -0.1) is 0 Å². The van der Waals surface area contributed by atoms with Crippen LogP contribution in [0.15, 0.2) is 58.4 Å². The number of hydrogen-bond acceptors (Lipinski definition) is 7. The predicted octanol–water partition coefficient (Wildman–Crippen LogP) is 3.36. The Morgan fingerprint density at radius 2 is 1.68 bits per heavy atom. The summed E-state index contributed by atoms with van der Waals surface area (Å²) in [5.41, 5.74) is 1.02. The molecule has 38 heavy (non-hydrogen) atoms. The number of carbonyl (C=O) groups is 3. The molecular formula is C26H21ClFN3O5S2. The van der Waals surface area contributed by atoms with Crippen molar-refractivity contribution in [3.05, 3.63) is 79.5 Å². The Kier molecular flexibility index (Phi) is 6.63. The van der Waals surface area contributed by atoms with Crippen molar-refractivity contribution in [2.75, 3.05) is 31.2 Å². The van der Waals surface area contributed by atoms with E-state index in [1.807, 2.05) is 0 Å². The highest BCUT2D eigenvalue weighted by molar-refractivity contribution is 8.00. The molecule has 2 aromatic carbocycles. The third-order valence-electron chi connectivity index (χ3n) is 7.02. The molecule has 3 amide bonds. The van der Waals surface area contributed by atoms with Gasteiger partial charge in [0.05, 0.1) is 29.8 Å². The minimum Gasteiger partial charge on any atom is -0.378 e. The van der Waals surface area contributed by atoms with E-state index < -0.39 is 34.7 Å². The van der Waals surface area contributed by atoms with Crippen LogP contribution in [-0.2, 0) is 25.7 Å². The molecular weight excluding hydrogens is 553 g/mol. The molecule has 6 rings (SSSR count). The molecule has 1 aromatic heterocycles. The van der Waals surface area contributed by atoms with E-state index in [-0.39, 0.29) is 17.3 Å². The zero-order valence-corrected chi connectivity index (χ0v) is 22.2. The van der Waals surface area contributed by atoms with E-state index in [0.29, 0.717) is 52.5 Å². The summed E-state index contributed by atoms with van der Waals surface area (Å²) in [4.78, 5) is 56.8. The Labute approximate surface area is 229 Å². The van der Waals surface area contributed by atoms with Gasteiger partial charge in [-0.3, -0.25) is 23.7 Å². The fraction of sp³-hybridized carbons (Fsp3) is 0.308. The molecule has 0 bridgehead atoms. The summed E-state index contributed by atoms with van der Waals surface area (Å²) in [6.45, 7) is 1.58. The first-order valence-corrected chi connectivity index (χ1v) is 14.1. The van der Waals surface area contributed by atoms with Crippen molar-refractivity contribution in [3.63, 3.8) is 0 Å². The van der Waals surface area contributed by atoms with E-state index in [1.54, 1.807) is 41.3 Å². The minimum absolute atomic E-state index is 0.172. The van der Waals surface area contributed by atoms with E-state index in [2.05, 4.69) is 0 Å². The lowest BCUT2D eigenvalue weighted by molar-refractivity contribution is -0.136. The fourth-order valence-electron chi connectivity index (χ4n) is 5.18. The van der Waals surface area contributed by atoms with Crippen molar-refractivity contribution in [1.29, 1.82) is 0 Å². The van der Waals surface area contributed by atoms with Crippen LogP contribution in [0.4, 0.5) is 10.1 Å². The number of anilines is 1. The Morgan fingerprint density at radius 3 is 2.37 bits per heavy atom. The summed E-state index contributed by atoms with van der Waals surface area (Å²) in [5.74, 6) is -2.91. The highest BCUT2D eigenvalue weighted by Crippen LogP contribution is 2.53. The van der Waals surface area contributed by atoms with Gasteiger partial charge in [-0.05, 0) is 42.0 Å². The summed E-state index contributed by atoms with van der Waals surface area (Å²) in [7, 11) is 0. The number of hydrogen-bond donors (Lipinski definition) is 0. The number of rotatable bonds is 4. The van der Waals surface area contributed by atoms with Crippen LogP contribution in [0.3, 0.4) is 0 Å². The molecule has 3 aromatic rings. The van der Waals surface area contributed by atoms with Gasteiger partial charge in [0.2, 0.25) is 17.7 Å². The van der Waals surface area contributed by atoms with E-state index in [1.165, 1.54) is 16.7 Å². The van der Waals surface area contributed by atoms with Gasteiger partial charge in [0, 0.05) is 28.9 Å². The van der Waals surface area contributed by atoms with Crippen molar-refractivity contribution < 1.29 is 23.5 Å². The number of imide groups is 1. The van der Waals surface area contributed by atoms with Crippen LogP contribution in [0.25, 0.3) is 0 Å². The topological polar surface area (TPSA) is 88.9 Å². The Hall–Kier alpha value is -2.99. The monoisotopic (exact) mass is 573 g/mol. The second-order valence-electron chi connectivity index (χ2n) is 9.20. The smallest absolute Gasteiger partial charge is 0.308 e. The molecule has 4 heterocycles.